The predicted octanol–water partition coefficient (Wildman–Crippen LogP) is 3.45. The molecule has 2 rings (SSSR count). The van der Waals surface area contributed by atoms with Gasteiger partial charge in [-0.2, -0.15) is 0 Å². The monoisotopic (exact) mass is 282 g/mol. The highest BCUT2D eigenvalue weighted by Gasteiger charge is 2.18. The van der Waals surface area contributed by atoms with E-state index in [0.29, 0.717) is 15.9 Å². The van der Waals surface area contributed by atoms with Crippen molar-refractivity contribution in [2.75, 3.05) is 7.11 Å². The van der Waals surface area contributed by atoms with E-state index in [2.05, 4.69) is 4.98 Å². The van der Waals surface area contributed by atoms with E-state index in [1.807, 2.05) is 18.2 Å². The fourth-order valence-corrected chi connectivity index (χ4v) is 2.16. The maximum atomic E-state index is 6.20. The number of hydrogen-bond acceptors (Lipinski definition) is 3. The Balaban J connectivity index is 2.48. The summed E-state index contributed by atoms with van der Waals surface area (Å²) in [4.78, 5) is 4.12. The van der Waals surface area contributed by atoms with Gasteiger partial charge in [0, 0.05) is 11.8 Å². The summed E-state index contributed by atoms with van der Waals surface area (Å²) in [6, 6.07) is 8.60. The standard InChI is InChI=1S/C13H12Cl2N2O/c1-18-13-9(5-3-7-17-13)12(16)8-4-2-6-10(14)11(8)15/h2-7,12H,16H2,1H3. The summed E-state index contributed by atoms with van der Waals surface area (Å²) >= 11 is 12.1. The van der Waals surface area contributed by atoms with Crippen molar-refractivity contribution in [3.8, 4) is 5.88 Å². The molecule has 2 N–H and O–H groups in total. The number of halogens is 2. The second-order valence-corrected chi connectivity index (χ2v) is 4.51. The highest BCUT2D eigenvalue weighted by Crippen LogP contribution is 2.34. The van der Waals surface area contributed by atoms with Crippen molar-refractivity contribution in [1.82, 2.24) is 4.98 Å². The number of rotatable bonds is 3. The Hall–Kier alpha value is -1.29. The minimum atomic E-state index is -0.431. The summed E-state index contributed by atoms with van der Waals surface area (Å²) in [6.45, 7) is 0. The number of aromatic nitrogens is 1. The maximum absolute atomic E-state index is 6.20. The van der Waals surface area contributed by atoms with Gasteiger partial charge in [0.05, 0.1) is 23.2 Å². The zero-order valence-electron chi connectivity index (χ0n) is 9.73. The lowest BCUT2D eigenvalue weighted by molar-refractivity contribution is 0.390. The Morgan fingerprint density at radius 3 is 2.61 bits per heavy atom. The fraction of sp³-hybridized carbons (Fsp3) is 0.154. The average molecular weight is 283 g/mol. The van der Waals surface area contributed by atoms with Gasteiger partial charge < -0.3 is 10.5 Å². The van der Waals surface area contributed by atoms with E-state index >= 15 is 0 Å². The first-order valence-electron chi connectivity index (χ1n) is 5.33. The van der Waals surface area contributed by atoms with Crippen molar-refractivity contribution in [2.45, 2.75) is 6.04 Å². The van der Waals surface area contributed by atoms with Crippen LogP contribution in [-0.2, 0) is 0 Å². The third-order valence-corrected chi connectivity index (χ3v) is 3.48. The molecule has 0 aliphatic carbocycles. The molecule has 0 aliphatic heterocycles. The van der Waals surface area contributed by atoms with Crippen molar-refractivity contribution in [2.24, 2.45) is 5.73 Å². The summed E-state index contributed by atoms with van der Waals surface area (Å²) < 4.78 is 5.19. The van der Waals surface area contributed by atoms with E-state index in [1.165, 1.54) is 0 Å². The van der Waals surface area contributed by atoms with Gasteiger partial charge in [0.2, 0.25) is 5.88 Å². The normalized spacial score (nSPS) is 12.2. The molecule has 1 unspecified atom stereocenters. The molecule has 1 aromatic carbocycles. The molecule has 0 saturated heterocycles. The van der Waals surface area contributed by atoms with Gasteiger partial charge in [-0.05, 0) is 17.7 Å². The number of nitrogens with two attached hydrogens (primary N) is 1. The van der Waals surface area contributed by atoms with Gasteiger partial charge in [-0.1, -0.05) is 41.4 Å². The predicted molar refractivity (Wildman–Crippen MR) is 73.3 cm³/mol. The van der Waals surface area contributed by atoms with Crippen molar-refractivity contribution in [1.29, 1.82) is 0 Å². The molecule has 0 aliphatic rings. The van der Waals surface area contributed by atoms with Gasteiger partial charge >= 0.3 is 0 Å². The number of benzene rings is 1. The summed E-state index contributed by atoms with van der Waals surface area (Å²) in [7, 11) is 1.55. The van der Waals surface area contributed by atoms with Crippen LogP contribution in [0.15, 0.2) is 36.5 Å². The third kappa shape index (κ3) is 2.43. The number of ether oxygens (including phenoxy) is 1. The number of nitrogens with zero attached hydrogens (tertiary/aromatic N) is 1. The van der Waals surface area contributed by atoms with Crippen LogP contribution in [0.5, 0.6) is 5.88 Å². The highest BCUT2D eigenvalue weighted by molar-refractivity contribution is 6.42. The van der Waals surface area contributed by atoms with Crippen LogP contribution in [0.25, 0.3) is 0 Å². The molecule has 0 fully saturated rings. The lowest BCUT2D eigenvalue weighted by atomic mass is 10.0. The lowest BCUT2D eigenvalue weighted by Gasteiger charge is -2.16. The topological polar surface area (TPSA) is 48.1 Å². The van der Waals surface area contributed by atoms with Crippen LogP contribution < -0.4 is 10.5 Å². The van der Waals surface area contributed by atoms with Gasteiger partial charge in [-0.15, -0.1) is 0 Å². The van der Waals surface area contributed by atoms with Crippen LogP contribution in [-0.4, -0.2) is 12.1 Å². The first-order valence-corrected chi connectivity index (χ1v) is 6.09. The lowest BCUT2D eigenvalue weighted by Crippen LogP contribution is -2.14. The van der Waals surface area contributed by atoms with E-state index in [4.69, 9.17) is 33.7 Å². The molecule has 3 nitrogen and oxygen atoms in total. The number of pyridine rings is 1. The van der Waals surface area contributed by atoms with Gasteiger partial charge in [-0.3, -0.25) is 0 Å². The van der Waals surface area contributed by atoms with Gasteiger partial charge in [0.25, 0.3) is 0 Å². The van der Waals surface area contributed by atoms with E-state index in [9.17, 15) is 0 Å². The van der Waals surface area contributed by atoms with Gasteiger partial charge in [0.15, 0.2) is 0 Å². The molecule has 0 bridgehead atoms. The minimum absolute atomic E-state index is 0.431. The van der Waals surface area contributed by atoms with Crippen molar-refractivity contribution in [3.05, 3.63) is 57.7 Å². The molecule has 0 saturated carbocycles. The molecule has 5 heteroatoms. The molecule has 0 spiro atoms. The number of methoxy groups -OCH3 is 1. The minimum Gasteiger partial charge on any atom is -0.481 e. The van der Waals surface area contributed by atoms with Crippen LogP contribution in [0, 0.1) is 0 Å². The molecule has 1 aromatic heterocycles. The highest BCUT2D eigenvalue weighted by atomic mass is 35.5. The summed E-state index contributed by atoms with van der Waals surface area (Å²) in [6.07, 6.45) is 1.65. The summed E-state index contributed by atoms with van der Waals surface area (Å²) in [5.41, 5.74) is 7.71. The van der Waals surface area contributed by atoms with Crippen LogP contribution in [0.1, 0.15) is 17.2 Å². The molecule has 94 valence electrons. The van der Waals surface area contributed by atoms with Crippen molar-refractivity contribution < 1.29 is 4.74 Å². The Kier molecular flexibility index (Phi) is 4.07. The van der Waals surface area contributed by atoms with Crippen LogP contribution >= 0.6 is 23.2 Å². The van der Waals surface area contributed by atoms with E-state index in [-0.39, 0.29) is 0 Å². The zero-order valence-corrected chi connectivity index (χ0v) is 11.2. The van der Waals surface area contributed by atoms with E-state index in [0.717, 1.165) is 11.1 Å². The Labute approximate surface area is 115 Å². The Bertz CT molecular complexity index is 560. The van der Waals surface area contributed by atoms with Crippen molar-refractivity contribution >= 4 is 23.2 Å². The molecule has 2 aromatic rings. The Morgan fingerprint density at radius 1 is 1.17 bits per heavy atom. The Morgan fingerprint density at radius 2 is 1.89 bits per heavy atom. The first kappa shape index (κ1) is 13.1. The largest absolute Gasteiger partial charge is 0.481 e. The molecule has 1 atom stereocenters. The van der Waals surface area contributed by atoms with E-state index < -0.39 is 6.04 Å². The first-order chi connectivity index (χ1) is 8.65. The number of hydrogen-bond donors (Lipinski definition) is 1. The second-order valence-electron chi connectivity index (χ2n) is 3.72. The molecule has 0 amide bonds. The summed E-state index contributed by atoms with van der Waals surface area (Å²) in [5.74, 6) is 0.487. The molecule has 1 heterocycles. The van der Waals surface area contributed by atoms with E-state index in [1.54, 1.807) is 25.4 Å². The van der Waals surface area contributed by atoms with Crippen molar-refractivity contribution in [3.63, 3.8) is 0 Å². The molecular formula is C13H12Cl2N2O. The maximum Gasteiger partial charge on any atom is 0.218 e. The molecule has 0 radical (unpaired) electrons. The van der Waals surface area contributed by atoms with Crippen LogP contribution in [0.3, 0.4) is 0 Å². The SMILES string of the molecule is COc1ncccc1C(N)c1cccc(Cl)c1Cl. The third-order valence-electron chi connectivity index (χ3n) is 2.65. The molecule has 18 heavy (non-hydrogen) atoms. The molecular weight excluding hydrogens is 271 g/mol. The fourth-order valence-electron chi connectivity index (χ4n) is 1.74. The smallest absolute Gasteiger partial charge is 0.218 e. The van der Waals surface area contributed by atoms with Crippen LogP contribution in [0.4, 0.5) is 0 Å². The summed E-state index contributed by atoms with van der Waals surface area (Å²) in [5, 5.41) is 0.935. The quantitative estimate of drug-likeness (QED) is 0.938. The average Bonchev–Trinajstić information content (AvgIpc) is 2.41. The van der Waals surface area contributed by atoms with Gasteiger partial charge in [0.1, 0.15) is 0 Å². The van der Waals surface area contributed by atoms with Crippen LogP contribution in [0.2, 0.25) is 10.0 Å². The van der Waals surface area contributed by atoms with Gasteiger partial charge in [-0.25, -0.2) is 4.98 Å². The second kappa shape index (κ2) is 5.57. The zero-order chi connectivity index (χ0) is 13.1.